The van der Waals surface area contributed by atoms with Crippen LogP contribution >= 0.6 is 0 Å². The number of nitrogens with two attached hydrogens (primary N) is 1. The topological polar surface area (TPSA) is 105 Å². The van der Waals surface area contributed by atoms with Gasteiger partial charge in [0, 0.05) is 18.2 Å². The molecule has 0 saturated carbocycles. The molecule has 4 aromatic carbocycles. The number of carboxylic acids is 1. The molecule has 1 heterocycles. The van der Waals surface area contributed by atoms with Crippen molar-refractivity contribution in [2.45, 2.75) is 24.9 Å². The van der Waals surface area contributed by atoms with E-state index in [1.54, 1.807) is 24.3 Å². The van der Waals surface area contributed by atoms with Gasteiger partial charge in [-0.05, 0) is 81.6 Å². The maximum absolute atomic E-state index is 11.7. The number of fused-ring (bicyclic) bond motifs is 5. The molecule has 0 amide bonds. The lowest BCUT2D eigenvalue weighted by molar-refractivity contribution is 0.0697. The Kier molecular flexibility index (Phi) is 5.61. The molecule has 6 rings (SSSR count). The van der Waals surface area contributed by atoms with Crippen LogP contribution in [0.4, 0.5) is 5.69 Å². The van der Waals surface area contributed by atoms with Crippen LogP contribution in [-0.4, -0.2) is 23.3 Å². The predicted molar refractivity (Wildman–Crippen MR) is 143 cm³/mol. The first-order valence-corrected chi connectivity index (χ1v) is 12.4. The van der Waals surface area contributed by atoms with Crippen molar-refractivity contribution in [1.82, 2.24) is 0 Å². The Morgan fingerprint density at radius 2 is 1.84 bits per heavy atom. The summed E-state index contributed by atoms with van der Waals surface area (Å²) in [5.41, 5.74) is 14.7. The molecule has 5 N–H and O–H groups in total. The number of phenols is 1. The smallest absolute Gasteiger partial charge is 0.335 e. The Bertz CT molecular complexity index is 1530. The molecule has 0 fully saturated rings. The lowest BCUT2D eigenvalue weighted by atomic mass is 9.74. The SMILES string of the molecule is COc1cc(C2Nc3ccc(CN)cc3C3c4ccccc4CC23)c(-c2cccc(C(=O)O)c2)cc1O. The summed E-state index contributed by atoms with van der Waals surface area (Å²) in [6, 6.07) is 25.3. The van der Waals surface area contributed by atoms with Crippen molar-refractivity contribution < 1.29 is 19.7 Å². The van der Waals surface area contributed by atoms with Crippen LogP contribution in [0.15, 0.2) is 78.9 Å². The van der Waals surface area contributed by atoms with E-state index < -0.39 is 5.97 Å². The molecule has 0 aromatic heterocycles. The van der Waals surface area contributed by atoms with Gasteiger partial charge in [0.25, 0.3) is 0 Å². The average molecular weight is 493 g/mol. The van der Waals surface area contributed by atoms with Crippen LogP contribution in [0.3, 0.4) is 0 Å². The number of nitrogens with one attached hydrogen (secondary N) is 1. The quantitative estimate of drug-likeness (QED) is 0.285. The van der Waals surface area contributed by atoms with E-state index in [0.29, 0.717) is 12.3 Å². The second-order valence-electron chi connectivity index (χ2n) is 9.79. The number of benzene rings is 4. The monoisotopic (exact) mass is 492 g/mol. The minimum Gasteiger partial charge on any atom is -0.504 e. The van der Waals surface area contributed by atoms with Crippen molar-refractivity contribution in [3.8, 4) is 22.6 Å². The summed E-state index contributed by atoms with van der Waals surface area (Å²) >= 11 is 0. The zero-order valence-corrected chi connectivity index (χ0v) is 20.4. The number of hydrogen-bond acceptors (Lipinski definition) is 5. The molecule has 0 spiro atoms. The molecule has 2 aliphatic rings. The van der Waals surface area contributed by atoms with Crippen LogP contribution in [0.5, 0.6) is 11.5 Å². The summed E-state index contributed by atoms with van der Waals surface area (Å²) < 4.78 is 5.52. The summed E-state index contributed by atoms with van der Waals surface area (Å²) in [5, 5.41) is 24.1. The molecular weight excluding hydrogens is 464 g/mol. The number of ether oxygens (including phenoxy) is 1. The highest BCUT2D eigenvalue weighted by molar-refractivity contribution is 5.90. The summed E-state index contributed by atoms with van der Waals surface area (Å²) in [5.74, 6) is -0.216. The Morgan fingerprint density at radius 3 is 2.62 bits per heavy atom. The van der Waals surface area contributed by atoms with Crippen molar-refractivity contribution in [3.05, 3.63) is 112 Å². The molecule has 3 atom stereocenters. The third kappa shape index (κ3) is 3.81. The van der Waals surface area contributed by atoms with E-state index in [9.17, 15) is 15.0 Å². The second-order valence-corrected chi connectivity index (χ2v) is 9.79. The molecule has 37 heavy (non-hydrogen) atoms. The van der Waals surface area contributed by atoms with Crippen molar-refractivity contribution in [2.75, 3.05) is 12.4 Å². The van der Waals surface area contributed by atoms with E-state index >= 15 is 0 Å². The molecule has 1 aliphatic carbocycles. The normalized spacial score (nSPS) is 19.4. The first-order chi connectivity index (χ1) is 18.0. The summed E-state index contributed by atoms with van der Waals surface area (Å²) in [6.07, 6.45) is 0.891. The minimum atomic E-state index is -0.993. The van der Waals surface area contributed by atoms with Crippen LogP contribution in [0.1, 0.15) is 50.1 Å². The number of phenolic OH excluding ortho intramolecular Hbond substituents is 1. The molecule has 186 valence electrons. The minimum absolute atomic E-state index is 0.0111. The van der Waals surface area contributed by atoms with Crippen molar-refractivity contribution in [3.63, 3.8) is 0 Å². The fraction of sp³-hybridized carbons (Fsp3) is 0.194. The first-order valence-electron chi connectivity index (χ1n) is 12.4. The maximum Gasteiger partial charge on any atom is 0.335 e. The zero-order chi connectivity index (χ0) is 25.7. The molecule has 0 radical (unpaired) electrons. The van der Waals surface area contributed by atoms with Gasteiger partial charge < -0.3 is 26.0 Å². The number of aromatic carboxylic acids is 1. The summed E-state index contributed by atoms with van der Waals surface area (Å²) in [7, 11) is 1.54. The van der Waals surface area contributed by atoms with Gasteiger partial charge in [0.2, 0.25) is 0 Å². The molecule has 3 unspecified atom stereocenters. The van der Waals surface area contributed by atoms with Gasteiger partial charge in [0.1, 0.15) is 0 Å². The first kappa shape index (κ1) is 23.1. The Morgan fingerprint density at radius 1 is 1.00 bits per heavy atom. The van der Waals surface area contributed by atoms with Crippen molar-refractivity contribution >= 4 is 11.7 Å². The van der Waals surface area contributed by atoms with Gasteiger partial charge in [-0.25, -0.2) is 4.79 Å². The molecule has 6 nitrogen and oxygen atoms in total. The van der Waals surface area contributed by atoms with E-state index in [1.807, 2.05) is 12.1 Å². The van der Waals surface area contributed by atoms with Crippen molar-refractivity contribution in [2.24, 2.45) is 11.7 Å². The highest BCUT2D eigenvalue weighted by atomic mass is 16.5. The molecule has 6 heteroatoms. The number of methoxy groups -OCH3 is 1. The van der Waals surface area contributed by atoms with Gasteiger partial charge in [-0.2, -0.15) is 0 Å². The van der Waals surface area contributed by atoms with Gasteiger partial charge in [-0.3, -0.25) is 0 Å². The molecule has 0 saturated heterocycles. The highest BCUT2D eigenvalue weighted by Gasteiger charge is 2.44. The van der Waals surface area contributed by atoms with Gasteiger partial charge in [0.15, 0.2) is 11.5 Å². The Balaban J connectivity index is 1.56. The summed E-state index contributed by atoms with van der Waals surface area (Å²) in [4.78, 5) is 11.7. The lowest BCUT2D eigenvalue weighted by Gasteiger charge is -2.39. The number of hydrogen-bond donors (Lipinski definition) is 4. The number of aromatic hydroxyl groups is 1. The number of carbonyl (C=O) groups is 1. The summed E-state index contributed by atoms with van der Waals surface area (Å²) in [6.45, 7) is 0.481. The van der Waals surface area contributed by atoms with Gasteiger partial charge in [0.05, 0.1) is 18.7 Å². The van der Waals surface area contributed by atoms with E-state index in [1.165, 1.54) is 23.8 Å². The number of carboxylic acid groups (broad SMARTS) is 1. The highest BCUT2D eigenvalue weighted by Crippen LogP contribution is 2.55. The molecular formula is C31H28N2O4. The van der Waals surface area contributed by atoms with Gasteiger partial charge in [-0.1, -0.05) is 48.5 Å². The largest absolute Gasteiger partial charge is 0.504 e. The fourth-order valence-corrected chi connectivity index (χ4v) is 6.12. The standard InChI is InChI=1S/C31H28N2O4/c1-37-28-15-23(22(14-27(28)34)18-6-4-7-20(12-18)31(35)36)30-25-13-19-5-2-3-8-21(19)29(25)24-11-17(16-32)9-10-26(24)33-30/h2-12,14-15,25,29-30,33-34H,13,16,32H2,1H3,(H,35,36). The third-order valence-corrected chi connectivity index (χ3v) is 7.81. The van der Waals surface area contributed by atoms with E-state index in [2.05, 4.69) is 47.8 Å². The third-order valence-electron chi connectivity index (χ3n) is 7.81. The van der Waals surface area contributed by atoms with Crippen LogP contribution in [0.2, 0.25) is 0 Å². The Labute approximate surface area is 215 Å². The zero-order valence-electron chi connectivity index (χ0n) is 20.4. The molecule has 4 aromatic rings. The van der Waals surface area contributed by atoms with Gasteiger partial charge in [-0.15, -0.1) is 0 Å². The van der Waals surface area contributed by atoms with E-state index in [-0.39, 0.29) is 29.2 Å². The van der Waals surface area contributed by atoms with E-state index in [0.717, 1.165) is 34.4 Å². The second kappa shape index (κ2) is 8.98. The molecule has 0 bridgehead atoms. The lowest BCUT2D eigenvalue weighted by Crippen LogP contribution is -2.31. The average Bonchev–Trinajstić information content (AvgIpc) is 3.32. The van der Waals surface area contributed by atoms with Crippen LogP contribution in [0, 0.1) is 5.92 Å². The fourth-order valence-electron chi connectivity index (χ4n) is 6.12. The van der Waals surface area contributed by atoms with E-state index in [4.69, 9.17) is 10.5 Å². The van der Waals surface area contributed by atoms with Crippen LogP contribution in [-0.2, 0) is 13.0 Å². The van der Waals surface area contributed by atoms with Crippen molar-refractivity contribution in [1.29, 1.82) is 0 Å². The van der Waals surface area contributed by atoms with Crippen LogP contribution in [0.25, 0.3) is 11.1 Å². The maximum atomic E-state index is 11.7. The Hall–Kier alpha value is -4.29. The number of anilines is 1. The van der Waals surface area contributed by atoms with Crippen LogP contribution < -0.4 is 15.8 Å². The van der Waals surface area contributed by atoms with Gasteiger partial charge >= 0.3 is 5.97 Å². The number of rotatable bonds is 5. The predicted octanol–water partition coefficient (Wildman–Crippen LogP) is 5.70. The molecule has 1 aliphatic heterocycles.